The molecule has 0 spiro atoms. The van der Waals surface area contributed by atoms with Crippen LogP contribution in [-0.2, 0) is 17.8 Å². The van der Waals surface area contributed by atoms with Crippen molar-refractivity contribution in [3.63, 3.8) is 0 Å². The van der Waals surface area contributed by atoms with E-state index >= 15 is 0 Å². The number of methoxy groups -OCH3 is 1. The number of rotatable bonds is 9. The first-order valence-electron chi connectivity index (χ1n) is 6.93. The zero-order valence-corrected chi connectivity index (χ0v) is 12.2. The normalized spacial score (nSPS) is 11.4. The summed E-state index contributed by atoms with van der Waals surface area (Å²) in [6.45, 7) is 10.1. The van der Waals surface area contributed by atoms with Gasteiger partial charge in [0, 0.05) is 38.5 Å². The summed E-state index contributed by atoms with van der Waals surface area (Å²) in [7, 11) is 1.72. The summed E-state index contributed by atoms with van der Waals surface area (Å²) in [5.74, 6) is 0.735. The van der Waals surface area contributed by atoms with Gasteiger partial charge in [-0.1, -0.05) is 26.7 Å². The lowest BCUT2D eigenvalue weighted by Gasteiger charge is -2.11. The van der Waals surface area contributed by atoms with Crippen molar-refractivity contribution >= 4 is 0 Å². The van der Waals surface area contributed by atoms with Crippen LogP contribution in [0.4, 0.5) is 0 Å². The van der Waals surface area contributed by atoms with E-state index in [0.29, 0.717) is 0 Å². The van der Waals surface area contributed by atoms with Gasteiger partial charge in [-0.15, -0.1) is 0 Å². The van der Waals surface area contributed by atoms with Gasteiger partial charge < -0.3 is 10.1 Å². The molecule has 0 aromatic carbocycles. The fraction of sp³-hybridized carbons (Fsp3) is 0.786. The van der Waals surface area contributed by atoms with Crippen molar-refractivity contribution in [3.05, 3.63) is 17.5 Å². The maximum absolute atomic E-state index is 5.01. The SMILES string of the molecule is CCC(CC)Cn1cc(CNCCOC)c(C)n1. The van der Waals surface area contributed by atoms with Gasteiger partial charge >= 0.3 is 0 Å². The van der Waals surface area contributed by atoms with E-state index in [1.54, 1.807) is 7.11 Å². The summed E-state index contributed by atoms with van der Waals surface area (Å²) in [4.78, 5) is 0. The molecule has 0 amide bonds. The minimum Gasteiger partial charge on any atom is -0.383 e. The molecular formula is C14H27N3O. The molecule has 0 saturated heterocycles. The van der Waals surface area contributed by atoms with E-state index in [9.17, 15) is 0 Å². The number of aryl methyl sites for hydroxylation is 1. The fourth-order valence-electron chi connectivity index (χ4n) is 2.03. The summed E-state index contributed by atoms with van der Waals surface area (Å²) >= 11 is 0. The van der Waals surface area contributed by atoms with Gasteiger partial charge in [-0.3, -0.25) is 4.68 Å². The topological polar surface area (TPSA) is 39.1 Å². The maximum atomic E-state index is 5.01. The van der Waals surface area contributed by atoms with Crippen LogP contribution >= 0.6 is 0 Å². The molecule has 1 heterocycles. The minimum atomic E-state index is 0.735. The van der Waals surface area contributed by atoms with Gasteiger partial charge in [0.25, 0.3) is 0 Å². The molecule has 1 aromatic rings. The monoisotopic (exact) mass is 253 g/mol. The predicted molar refractivity (Wildman–Crippen MR) is 74.6 cm³/mol. The van der Waals surface area contributed by atoms with Crippen LogP contribution in [0.2, 0.25) is 0 Å². The van der Waals surface area contributed by atoms with Crippen LogP contribution in [0.15, 0.2) is 6.20 Å². The Balaban J connectivity index is 2.47. The average molecular weight is 253 g/mol. The van der Waals surface area contributed by atoms with Crippen LogP contribution in [0.5, 0.6) is 0 Å². The molecule has 18 heavy (non-hydrogen) atoms. The van der Waals surface area contributed by atoms with E-state index < -0.39 is 0 Å². The standard InChI is InChI=1S/C14H27N3O/c1-5-13(6-2)10-17-11-14(12(3)16-17)9-15-7-8-18-4/h11,13,15H,5-10H2,1-4H3. The summed E-state index contributed by atoms with van der Waals surface area (Å²) in [6.07, 6.45) is 4.61. The van der Waals surface area contributed by atoms with Gasteiger partial charge in [-0.2, -0.15) is 5.10 Å². The first kappa shape index (κ1) is 15.2. The highest BCUT2D eigenvalue weighted by atomic mass is 16.5. The Labute approximate surface area is 111 Å². The van der Waals surface area contributed by atoms with Crippen molar-refractivity contribution in [2.45, 2.75) is 46.7 Å². The zero-order valence-electron chi connectivity index (χ0n) is 12.2. The number of hydrogen-bond donors (Lipinski definition) is 1. The van der Waals surface area contributed by atoms with Gasteiger partial charge in [0.05, 0.1) is 12.3 Å². The van der Waals surface area contributed by atoms with E-state index in [1.807, 2.05) is 0 Å². The smallest absolute Gasteiger partial charge is 0.0638 e. The Morgan fingerprint density at radius 2 is 2.11 bits per heavy atom. The fourth-order valence-corrected chi connectivity index (χ4v) is 2.03. The summed E-state index contributed by atoms with van der Waals surface area (Å²) in [6, 6.07) is 0. The summed E-state index contributed by atoms with van der Waals surface area (Å²) < 4.78 is 7.11. The predicted octanol–water partition coefficient (Wildman–Crippen LogP) is 2.36. The lowest BCUT2D eigenvalue weighted by molar-refractivity contribution is 0.199. The van der Waals surface area contributed by atoms with Crippen LogP contribution in [0.1, 0.15) is 37.9 Å². The maximum Gasteiger partial charge on any atom is 0.0638 e. The van der Waals surface area contributed by atoms with E-state index in [0.717, 1.165) is 37.9 Å². The molecular weight excluding hydrogens is 226 g/mol. The van der Waals surface area contributed by atoms with Crippen molar-refractivity contribution in [2.75, 3.05) is 20.3 Å². The van der Waals surface area contributed by atoms with Crippen molar-refractivity contribution < 1.29 is 4.74 Å². The minimum absolute atomic E-state index is 0.735. The first-order valence-corrected chi connectivity index (χ1v) is 6.93. The van der Waals surface area contributed by atoms with Crippen LogP contribution in [0.3, 0.4) is 0 Å². The number of aromatic nitrogens is 2. The third-order valence-corrected chi connectivity index (χ3v) is 3.45. The highest BCUT2D eigenvalue weighted by Crippen LogP contribution is 2.12. The quantitative estimate of drug-likeness (QED) is 0.687. The largest absolute Gasteiger partial charge is 0.383 e. The second-order valence-corrected chi connectivity index (χ2v) is 4.81. The van der Waals surface area contributed by atoms with Crippen molar-refractivity contribution in [1.82, 2.24) is 15.1 Å². The van der Waals surface area contributed by atoms with Crippen LogP contribution < -0.4 is 5.32 Å². The summed E-state index contributed by atoms with van der Waals surface area (Å²) in [5.41, 5.74) is 2.42. The number of ether oxygens (including phenoxy) is 1. The molecule has 0 radical (unpaired) electrons. The molecule has 1 aromatic heterocycles. The van der Waals surface area contributed by atoms with Gasteiger partial charge in [0.2, 0.25) is 0 Å². The lowest BCUT2D eigenvalue weighted by atomic mass is 10.0. The zero-order chi connectivity index (χ0) is 13.4. The molecule has 104 valence electrons. The summed E-state index contributed by atoms with van der Waals surface area (Å²) in [5, 5.41) is 7.95. The van der Waals surface area contributed by atoms with Crippen LogP contribution in [0.25, 0.3) is 0 Å². The second kappa shape index (κ2) is 8.27. The molecule has 0 saturated carbocycles. The van der Waals surface area contributed by atoms with Crippen molar-refractivity contribution in [3.8, 4) is 0 Å². The number of hydrogen-bond acceptors (Lipinski definition) is 3. The molecule has 4 nitrogen and oxygen atoms in total. The van der Waals surface area contributed by atoms with Gasteiger partial charge in [0.1, 0.15) is 0 Å². The Bertz CT molecular complexity index is 332. The third kappa shape index (κ3) is 4.78. The van der Waals surface area contributed by atoms with Crippen LogP contribution in [0, 0.1) is 12.8 Å². The molecule has 0 fully saturated rings. The number of nitrogens with one attached hydrogen (secondary N) is 1. The van der Waals surface area contributed by atoms with E-state index in [2.05, 4.69) is 42.1 Å². The average Bonchev–Trinajstić information content (AvgIpc) is 2.72. The third-order valence-electron chi connectivity index (χ3n) is 3.45. The van der Waals surface area contributed by atoms with Gasteiger partial charge in [0.15, 0.2) is 0 Å². The molecule has 1 N–H and O–H groups in total. The lowest BCUT2D eigenvalue weighted by Crippen LogP contribution is -2.18. The molecule has 0 aliphatic rings. The molecule has 0 aliphatic carbocycles. The van der Waals surface area contributed by atoms with E-state index in [1.165, 1.54) is 18.4 Å². The highest BCUT2D eigenvalue weighted by molar-refractivity contribution is 5.15. The van der Waals surface area contributed by atoms with E-state index in [4.69, 9.17) is 4.74 Å². The Hall–Kier alpha value is -0.870. The Morgan fingerprint density at radius 3 is 2.72 bits per heavy atom. The van der Waals surface area contributed by atoms with E-state index in [-0.39, 0.29) is 0 Å². The van der Waals surface area contributed by atoms with Crippen LogP contribution in [-0.4, -0.2) is 30.0 Å². The van der Waals surface area contributed by atoms with Gasteiger partial charge in [-0.05, 0) is 12.8 Å². The van der Waals surface area contributed by atoms with Crippen molar-refractivity contribution in [1.29, 1.82) is 0 Å². The molecule has 4 heteroatoms. The molecule has 0 bridgehead atoms. The number of nitrogens with zero attached hydrogens (tertiary/aromatic N) is 2. The molecule has 1 rings (SSSR count). The second-order valence-electron chi connectivity index (χ2n) is 4.81. The Kier molecular flexibility index (Phi) is 6.98. The Morgan fingerprint density at radius 1 is 1.39 bits per heavy atom. The molecule has 0 atom stereocenters. The highest BCUT2D eigenvalue weighted by Gasteiger charge is 2.08. The molecule has 0 unspecified atom stereocenters. The van der Waals surface area contributed by atoms with Crippen molar-refractivity contribution in [2.24, 2.45) is 5.92 Å². The van der Waals surface area contributed by atoms with Gasteiger partial charge in [-0.25, -0.2) is 0 Å². The molecule has 0 aliphatic heterocycles. The first-order chi connectivity index (χ1) is 8.71.